The molecule has 0 amide bonds. The monoisotopic (exact) mass is 172 g/mol. The number of hydrogen-bond acceptors (Lipinski definition) is 3. The molecule has 0 aromatic heterocycles. The fourth-order valence-electron chi connectivity index (χ4n) is 1.13. The van der Waals surface area contributed by atoms with Crippen molar-refractivity contribution in [2.45, 2.75) is 26.8 Å². The van der Waals surface area contributed by atoms with Crippen molar-refractivity contribution < 1.29 is 0 Å². The molecule has 64 valence electrons. The normalized spacial score (nSPS) is 12.7. The van der Waals surface area contributed by atoms with Gasteiger partial charge in [-0.1, -0.05) is 13.8 Å². The first-order chi connectivity index (χ1) is 5.26. The minimum absolute atomic E-state index is 0.487. The first kappa shape index (κ1) is 10.8. The van der Waals surface area contributed by atoms with E-state index < -0.39 is 0 Å². The second-order valence-electron chi connectivity index (χ2n) is 2.50. The Balaban J connectivity index is 3.77. The molecule has 0 heterocycles. The van der Waals surface area contributed by atoms with E-state index >= 15 is 0 Å². The maximum atomic E-state index is 4.49. The quantitative estimate of drug-likeness (QED) is 0.464. The van der Waals surface area contributed by atoms with Crippen LogP contribution in [-0.2, 0) is 0 Å². The molecular weight excluding hydrogens is 156 g/mol. The second-order valence-corrected chi connectivity index (χ2v) is 2.68. The highest BCUT2D eigenvalue weighted by Gasteiger charge is 2.07. The third-order valence-corrected chi connectivity index (χ3v) is 1.98. The lowest BCUT2D eigenvalue weighted by molar-refractivity contribution is 0.237. The predicted molar refractivity (Wildman–Crippen MR) is 52.3 cm³/mol. The Morgan fingerprint density at radius 2 is 2.00 bits per heavy atom. The molecule has 0 saturated carbocycles. The molecule has 0 aromatic rings. The molecule has 0 fully saturated rings. The van der Waals surface area contributed by atoms with Crippen LogP contribution in [0.15, 0.2) is 4.99 Å². The molecule has 0 aliphatic rings. The molecule has 3 heteroatoms. The van der Waals surface area contributed by atoms with Gasteiger partial charge in [-0.05, 0) is 32.2 Å². The van der Waals surface area contributed by atoms with Gasteiger partial charge in [-0.25, -0.2) is 4.99 Å². The number of thiocarbonyl (C=S) groups is 1. The van der Waals surface area contributed by atoms with Crippen molar-refractivity contribution in [3.8, 4) is 0 Å². The Kier molecular flexibility index (Phi) is 6.33. The Bertz CT molecular complexity index is 137. The number of hydrogen-bond donors (Lipinski definition) is 0. The van der Waals surface area contributed by atoms with Gasteiger partial charge in [-0.3, -0.25) is 4.90 Å². The van der Waals surface area contributed by atoms with Crippen molar-refractivity contribution in [1.29, 1.82) is 0 Å². The number of nitrogens with zero attached hydrogens (tertiary/aromatic N) is 2. The maximum Gasteiger partial charge on any atom is 0.0645 e. The third kappa shape index (κ3) is 4.25. The Labute approximate surface area is 74.3 Å². The van der Waals surface area contributed by atoms with E-state index in [-0.39, 0.29) is 0 Å². The lowest BCUT2D eigenvalue weighted by atomic mass is 10.3. The van der Waals surface area contributed by atoms with Gasteiger partial charge < -0.3 is 0 Å². The lowest BCUT2D eigenvalue weighted by Crippen LogP contribution is -2.34. The number of aliphatic imine (C=N–C) groups is 1. The third-order valence-electron chi connectivity index (χ3n) is 1.86. The number of likely N-dealkylation sites (N-methyl/N-ethyl adjacent to an activating group) is 1. The van der Waals surface area contributed by atoms with Crippen molar-refractivity contribution in [3.05, 3.63) is 0 Å². The van der Waals surface area contributed by atoms with Crippen molar-refractivity contribution in [2.24, 2.45) is 4.99 Å². The zero-order chi connectivity index (χ0) is 8.69. The van der Waals surface area contributed by atoms with E-state index in [1.165, 1.54) is 0 Å². The molecule has 0 aromatic carbocycles. The first-order valence-electron chi connectivity index (χ1n) is 4.03. The lowest BCUT2D eigenvalue weighted by Gasteiger charge is -2.24. The van der Waals surface area contributed by atoms with E-state index in [1.54, 1.807) is 0 Å². The van der Waals surface area contributed by atoms with Gasteiger partial charge in [0.05, 0.1) is 11.7 Å². The highest BCUT2D eigenvalue weighted by molar-refractivity contribution is 7.78. The maximum absolute atomic E-state index is 4.49. The van der Waals surface area contributed by atoms with Gasteiger partial charge in [0.1, 0.15) is 0 Å². The molecule has 1 unspecified atom stereocenters. The predicted octanol–water partition coefficient (Wildman–Crippen LogP) is 1.82. The molecule has 11 heavy (non-hydrogen) atoms. The largest absolute Gasteiger partial charge is 0.299 e. The van der Waals surface area contributed by atoms with E-state index in [1.807, 2.05) is 0 Å². The topological polar surface area (TPSA) is 15.6 Å². The Morgan fingerprint density at radius 1 is 1.45 bits per heavy atom. The summed E-state index contributed by atoms with van der Waals surface area (Å²) in [5.41, 5.74) is 0. The van der Waals surface area contributed by atoms with Gasteiger partial charge in [-0.15, -0.1) is 0 Å². The van der Waals surface area contributed by atoms with Crippen LogP contribution in [0.5, 0.6) is 0 Å². The van der Waals surface area contributed by atoms with Crippen LogP contribution in [0.1, 0.15) is 20.8 Å². The van der Waals surface area contributed by atoms with Gasteiger partial charge in [0.25, 0.3) is 0 Å². The zero-order valence-electron chi connectivity index (χ0n) is 7.50. The second kappa shape index (κ2) is 6.47. The van der Waals surface area contributed by atoms with Crippen LogP contribution in [0.4, 0.5) is 0 Å². The molecule has 0 aliphatic heterocycles. The summed E-state index contributed by atoms with van der Waals surface area (Å²) in [5, 5.41) is 2.38. The fourth-order valence-corrected chi connectivity index (χ4v) is 1.21. The Hall–Kier alpha value is -0.240. The molecule has 0 spiro atoms. The van der Waals surface area contributed by atoms with Crippen molar-refractivity contribution >= 4 is 17.4 Å². The molecule has 1 atom stereocenters. The van der Waals surface area contributed by atoms with Crippen molar-refractivity contribution in [2.75, 3.05) is 19.6 Å². The van der Waals surface area contributed by atoms with E-state index in [2.05, 4.69) is 48.0 Å². The number of isothiocyanates is 1. The molecule has 0 saturated heterocycles. The number of rotatable bonds is 5. The Morgan fingerprint density at radius 3 is 2.36 bits per heavy atom. The highest BCUT2D eigenvalue weighted by Crippen LogP contribution is 1.97. The van der Waals surface area contributed by atoms with Crippen molar-refractivity contribution in [1.82, 2.24) is 4.90 Å². The van der Waals surface area contributed by atoms with Crippen LogP contribution in [-0.4, -0.2) is 35.7 Å². The fraction of sp³-hybridized carbons (Fsp3) is 0.875. The van der Waals surface area contributed by atoms with Crippen LogP contribution in [0, 0.1) is 0 Å². The molecular formula is C8H16N2S. The summed E-state index contributed by atoms with van der Waals surface area (Å²) in [7, 11) is 0. The van der Waals surface area contributed by atoms with Crippen LogP contribution < -0.4 is 0 Å². The molecule has 0 bridgehead atoms. The molecule has 2 nitrogen and oxygen atoms in total. The van der Waals surface area contributed by atoms with Gasteiger partial charge in [-0.2, -0.15) is 0 Å². The van der Waals surface area contributed by atoms with E-state index in [4.69, 9.17) is 0 Å². The first-order valence-corrected chi connectivity index (χ1v) is 4.44. The van der Waals surface area contributed by atoms with E-state index in [0.29, 0.717) is 6.04 Å². The van der Waals surface area contributed by atoms with Gasteiger partial charge in [0, 0.05) is 6.04 Å². The molecule has 0 aliphatic carbocycles. The van der Waals surface area contributed by atoms with Gasteiger partial charge in [0.15, 0.2) is 0 Å². The van der Waals surface area contributed by atoms with E-state index in [9.17, 15) is 0 Å². The van der Waals surface area contributed by atoms with Crippen LogP contribution in [0.2, 0.25) is 0 Å². The zero-order valence-corrected chi connectivity index (χ0v) is 8.32. The smallest absolute Gasteiger partial charge is 0.0645 e. The SMILES string of the molecule is CCN(CC)C(C)CN=C=S. The summed E-state index contributed by atoms with van der Waals surface area (Å²) in [6.45, 7) is 9.38. The van der Waals surface area contributed by atoms with Crippen LogP contribution in [0.25, 0.3) is 0 Å². The summed E-state index contributed by atoms with van der Waals surface area (Å²) >= 11 is 4.49. The van der Waals surface area contributed by atoms with Crippen molar-refractivity contribution in [3.63, 3.8) is 0 Å². The minimum atomic E-state index is 0.487. The van der Waals surface area contributed by atoms with Gasteiger partial charge in [0.2, 0.25) is 0 Å². The minimum Gasteiger partial charge on any atom is -0.299 e. The summed E-state index contributed by atoms with van der Waals surface area (Å²) in [6.07, 6.45) is 0. The standard InChI is InChI=1S/C8H16N2S/c1-4-10(5-2)8(3)6-9-7-11/h8H,4-6H2,1-3H3. The molecule has 0 radical (unpaired) electrons. The van der Waals surface area contributed by atoms with Gasteiger partial charge >= 0.3 is 0 Å². The average Bonchev–Trinajstić information content (AvgIpc) is 2.03. The summed E-state index contributed by atoms with van der Waals surface area (Å²) < 4.78 is 0. The average molecular weight is 172 g/mol. The molecule has 0 rings (SSSR count). The summed E-state index contributed by atoms with van der Waals surface area (Å²) in [5.74, 6) is 0. The molecule has 0 N–H and O–H groups in total. The van der Waals surface area contributed by atoms with E-state index in [0.717, 1.165) is 19.6 Å². The van der Waals surface area contributed by atoms with Crippen LogP contribution >= 0.6 is 12.2 Å². The summed E-state index contributed by atoms with van der Waals surface area (Å²) in [4.78, 5) is 6.26. The highest BCUT2D eigenvalue weighted by atomic mass is 32.1. The van der Waals surface area contributed by atoms with Crippen LogP contribution in [0.3, 0.4) is 0 Å². The summed E-state index contributed by atoms with van der Waals surface area (Å²) in [6, 6.07) is 0.487.